The molecule has 16 heavy (non-hydrogen) atoms. The minimum Gasteiger partial charge on any atom is -0.256 e. The van der Waals surface area contributed by atoms with Gasteiger partial charge in [0, 0.05) is 11.8 Å². The van der Waals surface area contributed by atoms with E-state index >= 15 is 0 Å². The molecule has 0 saturated carbocycles. The largest absolute Gasteiger partial charge is 0.256 e. The molecule has 0 aliphatic carbocycles. The summed E-state index contributed by atoms with van der Waals surface area (Å²) in [6, 6.07) is 14.8. The molecule has 2 rings (SSSR count). The van der Waals surface area contributed by atoms with Crippen molar-refractivity contribution in [2.45, 2.75) is 6.92 Å². The van der Waals surface area contributed by atoms with Gasteiger partial charge in [-0.1, -0.05) is 36.4 Å². The molecule has 0 aromatic heterocycles. The van der Waals surface area contributed by atoms with Crippen LogP contribution in [0, 0.1) is 12.7 Å². The molecule has 0 bridgehead atoms. The zero-order chi connectivity index (χ0) is 11.4. The first kappa shape index (κ1) is 10.6. The molecular weight excluding hydrogens is 201 g/mol. The van der Waals surface area contributed by atoms with E-state index in [4.69, 9.17) is 0 Å². The summed E-state index contributed by atoms with van der Waals surface area (Å²) < 4.78 is 13.6. The van der Waals surface area contributed by atoms with E-state index in [2.05, 4.69) is 4.99 Å². The molecular formula is C14H12FN. The Balaban J connectivity index is 2.28. The maximum absolute atomic E-state index is 13.6. The van der Waals surface area contributed by atoms with Gasteiger partial charge in [-0.2, -0.15) is 0 Å². The van der Waals surface area contributed by atoms with Gasteiger partial charge < -0.3 is 0 Å². The molecule has 0 radical (unpaired) electrons. The summed E-state index contributed by atoms with van der Waals surface area (Å²) in [5.74, 6) is -0.206. The Bertz CT molecular complexity index is 503. The number of nitrogens with zero attached hydrogens (tertiary/aromatic N) is 1. The highest BCUT2D eigenvalue weighted by Gasteiger charge is 2.01. The molecule has 0 spiro atoms. The van der Waals surface area contributed by atoms with Gasteiger partial charge in [0.15, 0.2) is 0 Å². The second kappa shape index (κ2) is 4.71. The lowest BCUT2D eigenvalue weighted by molar-refractivity contribution is 0.616. The molecule has 0 atom stereocenters. The lowest BCUT2D eigenvalue weighted by Gasteiger charge is -1.99. The number of halogens is 1. The van der Waals surface area contributed by atoms with Crippen LogP contribution in [0.3, 0.4) is 0 Å². The highest BCUT2D eigenvalue weighted by Crippen LogP contribution is 2.13. The molecule has 2 aromatic rings. The molecule has 0 unspecified atom stereocenters. The van der Waals surface area contributed by atoms with Crippen LogP contribution in [-0.4, -0.2) is 6.21 Å². The molecule has 0 heterocycles. The SMILES string of the molecule is Cc1cccc(/C=N/c2ccccc2)c1F. The van der Waals surface area contributed by atoms with E-state index in [1.54, 1.807) is 25.3 Å². The maximum atomic E-state index is 13.6. The molecule has 0 saturated heterocycles. The fourth-order valence-electron chi connectivity index (χ4n) is 1.43. The van der Waals surface area contributed by atoms with E-state index in [1.807, 2.05) is 36.4 Å². The normalized spacial score (nSPS) is 10.9. The number of aryl methyl sites for hydroxylation is 1. The van der Waals surface area contributed by atoms with Crippen molar-refractivity contribution >= 4 is 11.9 Å². The first-order chi connectivity index (χ1) is 7.77. The molecule has 2 heteroatoms. The maximum Gasteiger partial charge on any atom is 0.134 e. The lowest BCUT2D eigenvalue weighted by atomic mass is 10.1. The third kappa shape index (κ3) is 2.34. The van der Waals surface area contributed by atoms with E-state index < -0.39 is 0 Å². The van der Waals surface area contributed by atoms with Crippen molar-refractivity contribution in [3.05, 3.63) is 65.5 Å². The molecule has 0 aliphatic heterocycles. The Morgan fingerprint density at radius 3 is 2.50 bits per heavy atom. The zero-order valence-electron chi connectivity index (χ0n) is 9.02. The standard InChI is InChI=1S/C14H12FN/c1-11-6-5-7-12(14(11)15)10-16-13-8-3-2-4-9-13/h2-10H,1H3/b16-10+. The minimum absolute atomic E-state index is 0.206. The van der Waals surface area contributed by atoms with Crippen LogP contribution in [-0.2, 0) is 0 Å². The van der Waals surface area contributed by atoms with Gasteiger partial charge in [-0.3, -0.25) is 4.99 Å². The van der Waals surface area contributed by atoms with Crippen LogP contribution in [0.5, 0.6) is 0 Å². The number of para-hydroxylation sites is 1. The second-order valence-corrected chi connectivity index (χ2v) is 3.57. The first-order valence-corrected chi connectivity index (χ1v) is 5.11. The van der Waals surface area contributed by atoms with Crippen LogP contribution in [0.25, 0.3) is 0 Å². The second-order valence-electron chi connectivity index (χ2n) is 3.57. The van der Waals surface area contributed by atoms with Crippen molar-refractivity contribution in [2.24, 2.45) is 4.99 Å². The van der Waals surface area contributed by atoms with E-state index in [0.29, 0.717) is 11.1 Å². The van der Waals surface area contributed by atoms with E-state index in [1.165, 1.54) is 0 Å². The number of aliphatic imine (C=N–C) groups is 1. The van der Waals surface area contributed by atoms with Gasteiger partial charge >= 0.3 is 0 Å². The Kier molecular flexibility index (Phi) is 3.10. The van der Waals surface area contributed by atoms with Crippen LogP contribution in [0.1, 0.15) is 11.1 Å². The number of benzene rings is 2. The fourth-order valence-corrected chi connectivity index (χ4v) is 1.43. The van der Waals surface area contributed by atoms with Crippen LogP contribution < -0.4 is 0 Å². The number of hydrogen-bond donors (Lipinski definition) is 0. The van der Waals surface area contributed by atoms with E-state index in [0.717, 1.165) is 5.69 Å². The van der Waals surface area contributed by atoms with Crippen molar-refractivity contribution in [2.75, 3.05) is 0 Å². The van der Waals surface area contributed by atoms with Gasteiger partial charge in [0.2, 0.25) is 0 Å². The average Bonchev–Trinajstić information content (AvgIpc) is 2.32. The van der Waals surface area contributed by atoms with Crippen molar-refractivity contribution in [3.63, 3.8) is 0 Å². The van der Waals surface area contributed by atoms with Crippen molar-refractivity contribution in [1.29, 1.82) is 0 Å². The van der Waals surface area contributed by atoms with Gasteiger partial charge in [0.05, 0.1) is 5.69 Å². The molecule has 0 N–H and O–H groups in total. The summed E-state index contributed by atoms with van der Waals surface area (Å²) in [5, 5.41) is 0. The van der Waals surface area contributed by atoms with Crippen LogP contribution in [0.4, 0.5) is 10.1 Å². The van der Waals surface area contributed by atoms with Crippen molar-refractivity contribution in [1.82, 2.24) is 0 Å². The minimum atomic E-state index is -0.206. The Morgan fingerprint density at radius 2 is 1.75 bits per heavy atom. The Morgan fingerprint density at radius 1 is 1.00 bits per heavy atom. The van der Waals surface area contributed by atoms with Crippen LogP contribution in [0.15, 0.2) is 53.5 Å². The summed E-state index contributed by atoms with van der Waals surface area (Å²) in [7, 11) is 0. The Labute approximate surface area is 94.3 Å². The monoisotopic (exact) mass is 213 g/mol. The summed E-state index contributed by atoms with van der Waals surface area (Å²) in [6.07, 6.45) is 1.55. The number of rotatable bonds is 2. The smallest absolute Gasteiger partial charge is 0.134 e. The van der Waals surface area contributed by atoms with E-state index in [-0.39, 0.29) is 5.82 Å². The number of hydrogen-bond acceptors (Lipinski definition) is 1. The molecule has 2 aromatic carbocycles. The molecule has 0 fully saturated rings. The van der Waals surface area contributed by atoms with Crippen molar-refractivity contribution in [3.8, 4) is 0 Å². The lowest BCUT2D eigenvalue weighted by Crippen LogP contribution is -1.90. The summed E-state index contributed by atoms with van der Waals surface area (Å²) in [5.41, 5.74) is 1.98. The van der Waals surface area contributed by atoms with Gasteiger partial charge in [0.1, 0.15) is 5.82 Å². The summed E-state index contributed by atoms with van der Waals surface area (Å²) >= 11 is 0. The molecule has 0 aliphatic rings. The highest BCUT2D eigenvalue weighted by molar-refractivity contribution is 5.82. The molecule has 0 amide bonds. The predicted molar refractivity (Wildman–Crippen MR) is 64.8 cm³/mol. The van der Waals surface area contributed by atoms with Crippen LogP contribution >= 0.6 is 0 Å². The van der Waals surface area contributed by atoms with Crippen LogP contribution in [0.2, 0.25) is 0 Å². The van der Waals surface area contributed by atoms with Crippen molar-refractivity contribution < 1.29 is 4.39 Å². The highest BCUT2D eigenvalue weighted by atomic mass is 19.1. The summed E-state index contributed by atoms with van der Waals surface area (Å²) in [6.45, 7) is 1.75. The van der Waals surface area contributed by atoms with E-state index in [9.17, 15) is 4.39 Å². The fraction of sp³-hybridized carbons (Fsp3) is 0.0714. The Hall–Kier alpha value is -1.96. The predicted octanol–water partition coefficient (Wildman–Crippen LogP) is 3.88. The molecule has 1 nitrogen and oxygen atoms in total. The third-order valence-corrected chi connectivity index (χ3v) is 2.33. The first-order valence-electron chi connectivity index (χ1n) is 5.11. The third-order valence-electron chi connectivity index (χ3n) is 2.33. The summed E-state index contributed by atoms with van der Waals surface area (Å²) in [4.78, 5) is 4.21. The topological polar surface area (TPSA) is 12.4 Å². The quantitative estimate of drug-likeness (QED) is 0.671. The zero-order valence-corrected chi connectivity index (χ0v) is 9.02. The van der Waals surface area contributed by atoms with Gasteiger partial charge in [0.25, 0.3) is 0 Å². The van der Waals surface area contributed by atoms with Gasteiger partial charge in [-0.05, 0) is 24.6 Å². The van der Waals surface area contributed by atoms with Gasteiger partial charge in [-0.25, -0.2) is 4.39 Å². The van der Waals surface area contributed by atoms with Gasteiger partial charge in [-0.15, -0.1) is 0 Å². The molecule has 80 valence electrons. The average molecular weight is 213 g/mol.